The molecule has 7 heteroatoms. The van der Waals surface area contributed by atoms with Gasteiger partial charge in [0.1, 0.15) is 12.1 Å². The Labute approximate surface area is 172 Å². The van der Waals surface area contributed by atoms with E-state index in [2.05, 4.69) is 21.8 Å². The lowest BCUT2D eigenvalue weighted by atomic mass is 10.0. The summed E-state index contributed by atoms with van der Waals surface area (Å²) in [6, 6.07) is 5.07. The van der Waals surface area contributed by atoms with Gasteiger partial charge in [-0.2, -0.15) is 0 Å². The lowest BCUT2D eigenvalue weighted by molar-refractivity contribution is 0.0690. The maximum atomic E-state index is 14.9. The van der Waals surface area contributed by atoms with E-state index in [9.17, 15) is 9.18 Å². The highest BCUT2D eigenvalue weighted by Crippen LogP contribution is 2.23. The van der Waals surface area contributed by atoms with Crippen LogP contribution in [-0.4, -0.2) is 83.4 Å². The molecule has 3 rings (SSSR count). The van der Waals surface area contributed by atoms with Crippen LogP contribution in [0.15, 0.2) is 36.9 Å². The van der Waals surface area contributed by atoms with Crippen LogP contribution >= 0.6 is 0 Å². The number of hydrogen-bond acceptors (Lipinski definition) is 5. The number of amides is 1. The molecule has 1 amide bonds. The van der Waals surface area contributed by atoms with E-state index in [0.29, 0.717) is 24.7 Å². The molecule has 0 spiro atoms. The first-order chi connectivity index (χ1) is 14.0. The molecule has 0 aliphatic carbocycles. The summed E-state index contributed by atoms with van der Waals surface area (Å²) in [5.41, 5.74) is 1.50. The molecule has 1 aromatic heterocycles. The summed E-state index contributed by atoms with van der Waals surface area (Å²) in [5, 5.41) is 0. The number of benzene rings is 1. The van der Waals surface area contributed by atoms with Crippen molar-refractivity contribution in [2.45, 2.75) is 25.8 Å². The zero-order valence-electron chi connectivity index (χ0n) is 17.5. The van der Waals surface area contributed by atoms with Crippen molar-refractivity contribution in [2.24, 2.45) is 0 Å². The van der Waals surface area contributed by atoms with E-state index in [-0.39, 0.29) is 11.5 Å². The highest BCUT2D eigenvalue weighted by Gasteiger charge is 2.28. The van der Waals surface area contributed by atoms with Crippen LogP contribution in [-0.2, 0) is 0 Å². The minimum absolute atomic E-state index is 0.116. The molecule has 1 saturated heterocycles. The Balaban J connectivity index is 1.80. The second kappa shape index (κ2) is 9.89. The van der Waals surface area contributed by atoms with Gasteiger partial charge in [-0.3, -0.25) is 9.69 Å². The molecular formula is C22H30FN5O. The fourth-order valence-electron chi connectivity index (χ4n) is 3.86. The number of likely N-dealkylation sites (tertiary alicyclic amines) is 1. The first-order valence-electron chi connectivity index (χ1n) is 10.2. The van der Waals surface area contributed by atoms with Gasteiger partial charge in [0.25, 0.3) is 5.91 Å². The number of halogens is 1. The third-order valence-corrected chi connectivity index (χ3v) is 5.53. The van der Waals surface area contributed by atoms with Crippen molar-refractivity contribution in [3.05, 3.63) is 48.3 Å². The molecule has 2 aromatic rings. The summed E-state index contributed by atoms with van der Waals surface area (Å²) in [6.07, 6.45) is 6.92. The molecule has 1 atom stereocenters. The molecular weight excluding hydrogens is 369 g/mol. The molecule has 156 valence electrons. The standard InChI is InChI=1S/C22H30FN5O/c1-4-27-9-5-6-19(27)15-28(11-10-26(2)3)22(29)20-8-7-17(12-21(20)23)18-13-24-16-25-14-18/h7-8,12-14,16,19H,4-6,9-11,15H2,1-3H3/t19-/m1/s1. The van der Waals surface area contributed by atoms with Crippen molar-refractivity contribution in [2.75, 3.05) is 46.8 Å². The fourth-order valence-corrected chi connectivity index (χ4v) is 3.86. The Morgan fingerprint density at radius 1 is 1.21 bits per heavy atom. The minimum atomic E-state index is -0.509. The van der Waals surface area contributed by atoms with E-state index in [1.54, 1.807) is 24.5 Å². The Morgan fingerprint density at radius 2 is 1.97 bits per heavy atom. The molecule has 0 unspecified atom stereocenters. The van der Waals surface area contributed by atoms with E-state index < -0.39 is 5.82 Å². The van der Waals surface area contributed by atoms with Crippen molar-refractivity contribution in [1.82, 2.24) is 24.7 Å². The van der Waals surface area contributed by atoms with Crippen LogP contribution in [0.4, 0.5) is 4.39 Å². The average molecular weight is 400 g/mol. The Hall–Kier alpha value is -2.38. The highest BCUT2D eigenvalue weighted by atomic mass is 19.1. The molecule has 0 bridgehead atoms. The van der Waals surface area contributed by atoms with Crippen molar-refractivity contribution in [3.8, 4) is 11.1 Å². The van der Waals surface area contributed by atoms with Gasteiger partial charge in [-0.15, -0.1) is 0 Å². The van der Waals surface area contributed by atoms with E-state index in [4.69, 9.17) is 0 Å². The van der Waals surface area contributed by atoms with Crippen LogP contribution in [0.2, 0.25) is 0 Å². The van der Waals surface area contributed by atoms with Crippen molar-refractivity contribution in [1.29, 1.82) is 0 Å². The predicted molar refractivity (Wildman–Crippen MR) is 112 cm³/mol. The van der Waals surface area contributed by atoms with Crippen LogP contribution < -0.4 is 0 Å². The molecule has 0 N–H and O–H groups in total. The van der Waals surface area contributed by atoms with Crippen LogP contribution in [0.1, 0.15) is 30.1 Å². The average Bonchev–Trinajstić information content (AvgIpc) is 3.18. The Kier molecular flexibility index (Phi) is 7.28. The Bertz CT molecular complexity index is 814. The second-order valence-corrected chi connectivity index (χ2v) is 7.80. The van der Waals surface area contributed by atoms with Gasteiger partial charge in [0.2, 0.25) is 0 Å². The summed E-state index contributed by atoms with van der Waals surface area (Å²) in [5.74, 6) is -0.756. The van der Waals surface area contributed by atoms with Crippen molar-refractivity contribution < 1.29 is 9.18 Å². The Morgan fingerprint density at radius 3 is 2.62 bits per heavy atom. The number of hydrogen-bond donors (Lipinski definition) is 0. The normalized spacial score (nSPS) is 17.1. The molecule has 1 aromatic carbocycles. The predicted octanol–water partition coefficient (Wildman–Crippen LogP) is 2.77. The number of likely N-dealkylation sites (N-methyl/N-ethyl adjacent to an activating group) is 2. The molecule has 29 heavy (non-hydrogen) atoms. The lowest BCUT2D eigenvalue weighted by Gasteiger charge is -2.31. The number of carbonyl (C=O) groups excluding carboxylic acids is 1. The second-order valence-electron chi connectivity index (χ2n) is 7.80. The van der Waals surface area contributed by atoms with Gasteiger partial charge in [-0.05, 0) is 57.7 Å². The first-order valence-corrected chi connectivity index (χ1v) is 10.2. The van der Waals surface area contributed by atoms with Gasteiger partial charge in [0.15, 0.2) is 0 Å². The SMILES string of the molecule is CCN1CCC[C@@H]1CN(CCN(C)C)C(=O)c1ccc(-c2cncnc2)cc1F. The molecule has 0 saturated carbocycles. The monoisotopic (exact) mass is 399 g/mol. The van der Waals surface area contributed by atoms with E-state index in [1.165, 1.54) is 12.4 Å². The smallest absolute Gasteiger partial charge is 0.256 e. The van der Waals surface area contributed by atoms with Crippen LogP contribution in [0.3, 0.4) is 0 Å². The van der Waals surface area contributed by atoms with Crippen LogP contribution in [0, 0.1) is 5.82 Å². The minimum Gasteiger partial charge on any atom is -0.336 e. The number of carbonyl (C=O) groups is 1. The third-order valence-electron chi connectivity index (χ3n) is 5.53. The number of rotatable bonds is 8. The van der Waals surface area contributed by atoms with Gasteiger partial charge in [0.05, 0.1) is 5.56 Å². The fraction of sp³-hybridized carbons (Fsp3) is 0.500. The summed E-state index contributed by atoms with van der Waals surface area (Å²) in [7, 11) is 3.96. The topological polar surface area (TPSA) is 52.6 Å². The van der Waals surface area contributed by atoms with Crippen LogP contribution in [0.5, 0.6) is 0 Å². The van der Waals surface area contributed by atoms with Gasteiger partial charge >= 0.3 is 0 Å². The quantitative estimate of drug-likeness (QED) is 0.683. The first kappa shape index (κ1) is 21.3. The molecule has 1 aliphatic rings. The summed E-state index contributed by atoms with van der Waals surface area (Å²) in [4.78, 5) is 27.4. The molecule has 1 fully saturated rings. The maximum Gasteiger partial charge on any atom is 0.256 e. The zero-order chi connectivity index (χ0) is 20.8. The highest BCUT2D eigenvalue weighted by molar-refractivity contribution is 5.95. The maximum absolute atomic E-state index is 14.9. The third kappa shape index (κ3) is 5.36. The molecule has 1 aliphatic heterocycles. The van der Waals surface area contributed by atoms with Crippen molar-refractivity contribution in [3.63, 3.8) is 0 Å². The largest absolute Gasteiger partial charge is 0.336 e. The summed E-state index contributed by atoms with van der Waals surface area (Å²) in [6.45, 7) is 6.14. The zero-order valence-corrected chi connectivity index (χ0v) is 17.5. The number of aromatic nitrogens is 2. The van der Waals surface area contributed by atoms with Crippen LogP contribution in [0.25, 0.3) is 11.1 Å². The van der Waals surface area contributed by atoms with Gasteiger partial charge < -0.3 is 9.80 Å². The van der Waals surface area contributed by atoms with Gasteiger partial charge in [0, 0.05) is 43.6 Å². The number of nitrogens with zero attached hydrogens (tertiary/aromatic N) is 5. The van der Waals surface area contributed by atoms with Gasteiger partial charge in [-0.25, -0.2) is 14.4 Å². The van der Waals surface area contributed by atoms with Crippen molar-refractivity contribution >= 4 is 5.91 Å². The molecule has 2 heterocycles. The van der Waals surface area contributed by atoms with E-state index in [0.717, 1.165) is 38.0 Å². The lowest BCUT2D eigenvalue weighted by Crippen LogP contribution is -2.45. The molecule has 6 nitrogen and oxygen atoms in total. The summed E-state index contributed by atoms with van der Waals surface area (Å²) < 4.78 is 14.9. The van der Waals surface area contributed by atoms with Gasteiger partial charge in [-0.1, -0.05) is 13.0 Å². The molecule has 0 radical (unpaired) electrons. The summed E-state index contributed by atoms with van der Waals surface area (Å²) >= 11 is 0. The van der Waals surface area contributed by atoms with E-state index in [1.807, 2.05) is 23.9 Å². The van der Waals surface area contributed by atoms with E-state index >= 15 is 0 Å².